The van der Waals surface area contributed by atoms with Crippen LogP contribution in [0.4, 0.5) is 5.69 Å². The number of phenolic OH excluding ortho intramolecular Hbond substituents is 1. The zero-order valence-electron chi connectivity index (χ0n) is 14.8. The van der Waals surface area contributed by atoms with Gasteiger partial charge in [0.15, 0.2) is 6.10 Å². The van der Waals surface area contributed by atoms with Crippen molar-refractivity contribution in [1.82, 2.24) is 0 Å². The average Bonchev–Trinajstić information content (AvgIpc) is 2.73. The molecular weight excluding hydrogens is 398 g/mol. The number of nitro benzene ring substituents is 1. The largest absolute Gasteiger partial charge is 0.507 e. The van der Waals surface area contributed by atoms with Crippen LogP contribution in [0.5, 0.6) is 5.75 Å². The van der Waals surface area contributed by atoms with Crippen molar-refractivity contribution < 1.29 is 24.4 Å². The Bertz CT molecular complexity index is 1070. The number of carbonyl (C=O) groups is 2. The number of hydrogen-bond acceptors (Lipinski definition) is 6. The van der Waals surface area contributed by atoms with E-state index in [2.05, 4.69) is 0 Å². The Balaban J connectivity index is 1.98. The monoisotopic (exact) mass is 411 g/mol. The Morgan fingerprint density at radius 1 is 1.00 bits per heavy atom. The number of ketones is 1. The fourth-order valence-electron chi connectivity index (χ4n) is 2.64. The molecule has 29 heavy (non-hydrogen) atoms. The van der Waals surface area contributed by atoms with Crippen molar-refractivity contribution in [2.45, 2.75) is 6.10 Å². The molecule has 146 valence electrons. The summed E-state index contributed by atoms with van der Waals surface area (Å²) in [5, 5.41) is 21.0. The van der Waals surface area contributed by atoms with Gasteiger partial charge in [-0.25, -0.2) is 4.79 Å². The van der Waals surface area contributed by atoms with Gasteiger partial charge in [-0.15, -0.1) is 0 Å². The first-order chi connectivity index (χ1) is 13.9. The standard InChI is InChI=1S/C21H14ClNO6/c22-15-8-11-18(24)17(12-15)21(26)29-20(19(25)13-4-2-1-3-5-13)14-6-9-16(10-7-14)23(27)28/h1-12,20,24H/t20-/m0/s1. The maximum atomic E-state index is 13.0. The molecule has 0 saturated carbocycles. The summed E-state index contributed by atoms with van der Waals surface area (Å²) < 4.78 is 5.40. The van der Waals surface area contributed by atoms with Crippen LogP contribution in [0.15, 0.2) is 72.8 Å². The van der Waals surface area contributed by atoms with Gasteiger partial charge in [0.05, 0.1) is 4.92 Å². The van der Waals surface area contributed by atoms with Gasteiger partial charge < -0.3 is 9.84 Å². The van der Waals surface area contributed by atoms with E-state index in [1.54, 1.807) is 30.3 Å². The molecule has 0 radical (unpaired) electrons. The topological polar surface area (TPSA) is 107 Å². The predicted molar refractivity (Wildman–Crippen MR) is 105 cm³/mol. The number of Topliss-reactive ketones (excluding diaryl/α,β-unsaturated/α-hetero) is 1. The normalized spacial score (nSPS) is 11.5. The summed E-state index contributed by atoms with van der Waals surface area (Å²) in [5.41, 5.74) is 0.169. The van der Waals surface area contributed by atoms with Crippen LogP contribution in [-0.4, -0.2) is 21.8 Å². The second kappa shape index (κ2) is 8.53. The zero-order valence-corrected chi connectivity index (χ0v) is 15.6. The molecule has 3 aromatic rings. The van der Waals surface area contributed by atoms with Gasteiger partial charge in [-0.2, -0.15) is 0 Å². The fourth-order valence-corrected chi connectivity index (χ4v) is 2.81. The SMILES string of the molecule is O=C(O[C@H](C(=O)c1ccccc1)c1ccc([N+](=O)[O-])cc1)c1cc(Cl)ccc1O. The lowest BCUT2D eigenvalue weighted by Crippen LogP contribution is -2.20. The molecule has 1 atom stereocenters. The summed E-state index contributed by atoms with van der Waals surface area (Å²) in [6.07, 6.45) is -1.37. The third-order valence-corrected chi connectivity index (χ3v) is 4.34. The maximum absolute atomic E-state index is 13.0. The van der Waals surface area contributed by atoms with Crippen LogP contribution < -0.4 is 0 Å². The molecule has 0 aliphatic carbocycles. The number of nitrogens with zero attached hydrogens (tertiary/aromatic N) is 1. The van der Waals surface area contributed by atoms with Crippen LogP contribution in [0.2, 0.25) is 5.02 Å². The molecule has 3 rings (SSSR count). The van der Waals surface area contributed by atoms with Gasteiger partial charge >= 0.3 is 5.97 Å². The van der Waals surface area contributed by atoms with Gasteiger partial charge in [0.25, 0.3) is 5.69 Å². The number of halogens is 1. The molecule has 0 amide bonds. The minimum atomic E-state index is -1.37. The summed E-state index contributed by atoms with van der Waals surface area (Å²) in [6.45, 7) is 0. The first-order valence-corrected chi connectivity index (χ1v) is 8.77. The zero-order chi connectivity index (χ0) is 21.0. The number of rotatable bonds is 6. The van der Waals surface area contributed by atoms with Crippen LogP contribution in [0, 0.1) is 10.1 Å². The Kier molecular flexibility index (Phi) is 5.90. The molecule has 7 nitrogen and oxygen atoms in total. The summed E-state index contributed by atoms with van der Waals surface area (Å²) in [5.74, 6) is -1.83. The molecule has 0 aliphatic rings. The van der Waals surface area contributed by atoms with Gasteiger partial charge in [-0.05, 0) is 30.3 Å². The van der Waals surface area contributed by atoms with Crippen LogP contribution in [-0.2, 0) is 4.74 Å². The molecular formula is C21H14ClNO6. The van der Waals surface area contributed by atoms with Crippen LogP contribution in [0.1, 0.15) is 32.4 Å². The van der Waals surface area contributed by atoms with Gasteiger partial charge in [-0.1, -0.05) is 41.9 Å². The molecule has 0 bridgehead atoms. The maximum Gasteiger partial charge on any atom is 0.343 e. The third-order valence-electron chi connectivity index (χ3n) is 4.11. The van der Waals surface area contributed by atoms with E-state index in [4.69, 9.17) is 16.3 Å². The predicted octanol–water partition coefficient (Wildman–Crippen LogP) is 4.73. The Morgan fingerprint density at radius 2 is 1.66 bits per heavy atom. The number of carbonyl (C=O) groups excluding carboxylic acids is 2. The van der Waals surface area contributed by atoms with Gasteiger partial charge in [0, 0.05) is 28.3 Å². The van der Waals surface area contributed by atoms with Crippen molar-refractivity contribution in [1.29, 1.82) is 0 Å². The Labute approximate surface area is 170 Å². The van der Waals surface area contributed by atoms with E-state index in [0.717, 1.165) is 0 Å². The highest BCUT2D eigenvalue weighted by molar-refractivity contribution is 6.31. The molecule has 0 aromatic heterocycles. The minimum absolute atomic E-state index is 0.168. The van der Waals surface area contributed by atoms with Crippen molar-refractivity contribution in [3.8, 4) is 5.75 Å². The van der Waals surface area contributed by atoms with E-state index in [9.17, 15) is 24.8 Å². The minimum Gasteiger partial charge on any atom is -0.507 e. The number of ether oxygens (including phenoxy) is 1. The summed E-state index contributed by atoms with van der Waals surface area (Å²) in [7, 11) is 0. The summed E-state index contributed by atoms with van der Waals surface area (Å²) >= 11 is 5.87. The highest BCUT2D eigenvalue weighted by atomic mass is 35.5. The van der Waals surface area contributed by atoms with Crippen LogP contribution >= 0.6 is 11.6 Å². The molecule has 3 aromatic carbocycles. The number of phenols is 1. The Hall–Kier alpha value is -3.71. The molecule has 0 saturated heterocycles. The lowest BCUT2D eigenvalue weighted by Gasteiger charge is -2.18. The number of esters is 1. The van der Waals surface area contributed by atoms with E-state index in [-0.39, 0.29) is 27.6 Å². The highest BCUT2D eigenvalue weighted by Gasteiger charge is 2.28. The van der Waals surface area contributed by atoms with Crippen LogP contribution in [0.25, 0.3) is 0 Å². The van der Waals surface area contributed by atoms with Crippen LogP contribution in [0.3, 0.4) is 0 Å². The summed E-state index contributed by atoms with van der Waals surface area (Å²) in [4.78, 5) is 35.9. The van der Waals surface area contributed by atoms with Gasteiger partial charge in [0.1, 0.15) is 11.3 Å². The second-order valence-corrected chi connectivity index (χ2v) is 6.46. The molecule has 0 aliphatic heterocycles. The van der Waals surface area contributed by atoms with Crippen molar-refractivity contribution in [2.24, 2.45) is 0 Å². The van der Waals surface area contributed by atoms with E-state index < -0.39 is 22.8 Å². The number of non-ortho nitro benzene ring substituents is 1. The van der Waals surface area contributed by atoms with E-state index in [0.29, 0.717) is 5.56 Å². The van der Waals surface area contributed by atoms with Gasteiger partial charge in [-0.3, -0.25) is 14.9 Å². The van der Waals surface area contributed by atoms with Crippen molar-refractivity contribution in [3.05, 3.63) is 105 Å². The molecule has 1 N–H and O–H groups in total. The molecule has 0 heterocycles. The molecule has 0 fully saturated rings. The van der Waals surface area contributed by atoms with Crippen molar-refractivity contribution >= 4 is 29.0 Å². The summed E-state index contributed by atoms with van der Waals surface area (Å²) in [6, 6.07) is 17.1. The molecule has 8 heteroatoms. The van der Waals surface area contributed by atoms with E-state index in [1.165, 1.54) is 42.5 Å². The van der Waals surface area contributed by atoms with Gasteiger partial charge in [0.2, 0.25) is 5.78 Å². The Morgan fingerprint density at radius 3 is 2.28 bits per heavy atom. The smallest absolute Gasteiger partial charge is 0.343 e. The van der Waals surface area contributed by atoms with Crippen molar-refractivity contribution in [3.63, 3.8) is 0 Å². The third kappa shape index (κ3) is 4.59. The average molecular weight is 412 g/mol. The first-order valence-electron chi connectivity index (χ1n) is 8.40. The van der Waals surface area contributed by atoms with Crippen molar-refractivity contribution in [2.75, 3.05) is 0 Å². The number of nitro groups is 1. The molecule has 0 unspecified atom stereocenters. The fraction of sp³-hybridized carbons (Fsp3) is 0.0476. The first kappa shape index (κ1) is 20.0. The van der Waals surface area contributed by atoms with E-state index in [1.807, 2.05) is 0 Å². The second-order valence-electron chi connectivity index (χ2n) is 6.03. The lowest BCUT2D eigenvalue weighted by molar-refractivity contribution is -0.384. The number of benzene rings is 3. The lowest BCUT2D eigenvalue weighted by atomic mass is 9.99. The molecule has 0 spiro atoms. The highest BCUT2D eigenvalue weighted by Crippen LogP contribution is 2.29. The quantitative estimate of drug-likeness (QED) is 0.272. The number of aromatic hydroxyl groups is 1. The van der Waals surface area contributed by atoms with E-state index >= 15 is 0 Å². The number of hydrogen-bond donors (Lipinski definition) is 1.